The van der Waals surface area contributed by atoms with Gasteiger partial charge in [-0.25, -0.2) is 0 Å². The van der Waals surface area contributed by atoms with Gasteiger partial charge >= 0.3 is 0 Å². The molecule has 1 heterocycles. The molecule has 0 spiro atoms. The average Bonchev–Trinajstić information content (AvgIpc) is 2.32. The number of aromatic nitrogens is 1. The number of rotatable bonds is 2. The summed E-state index contributed by atoms with van der Waals surface area (Å²) in [6.07, 6.45) is 0. The number of nitrogens with two attached hydrogens (primary N) is 1. The van der Waals surface area contributed by atoms with Gasteiger partial charge in [-0.1, -0.05) is 6.07 Å². The number of carbonyl (C=O) groups is 1. The van der Waals surface area contributed by atoms with Crippen molar-refractivity contribution in [2.45, 2.75) is 6.92 Å². The van der Waals surface area contributed by atoms with Gasteiger partial charge in [-0.15, -0.1) is 0 Å². The SMILES string of the molecule is Cc1[nH]c(=O)c(C(N)=O)cc1-c1ccc(O)c(O)c1. The van der Waals surface area contributed by atoms with E-state index in [9.17, 15) is 19.8 Å². The molecular weight excluding hydrogens is 248 g/mol. The van der Waals surface area contributed by atoms with Crippen molar-refractivity contribution in [1.29, 1.82) is 0 Å². The van der Waals surface area contributed by atoms with E-state index in [4.69, 9.17) is 5.73 Å². The fourth-order valence-corrected chi connectivity index (χ4v) is 1.80. The maximum atomic E-state index is 11.5. The van der Waals surface area contributed by atoms with E-state index in [2.05, 4.69) is 4.98 Å². The lowest BCUT2D eigenvalue weighted by Crippen LogP contribution is -2.24. The molecule has 1 aromatic carbocycles. The number of carbonyl (C=O) groups excluding carboxylic acids is 1. The van der Waals surface area contributed by atoms with E-state index in [-0.39, 0.29) is 17.1 Å². The van der Waals surface area contributed by atoms with E-state index in [1.807, 2.05) is 0 Å². The summed E-state index contributed by atoms with van der Waals surface area (Å²) in [5.74, 6) is -1.37. The number of benzene rings is 1. The highest BCUT2D eigenvalue weighted by Gasteiger charge is 2.12. The first-order chi connectivity index (χ1) is 8.90. The Bertz CT molecular complexity index is 719. The van der Waals surface area contributed by atoms with Gasteiger partial charge < -0.3 is 20.9 Å². The van der Waals surface area contributed by atoms with Gasteiger partial charge in [0.05, 0.1) is 0 Å². The summed E-state index contributed by atoms with van der Waals surface area (Å²) in [6.45, 7) is 1.66. The zero-order valence-corrected chi connectivity index (χ0v) is 10.1. The van der Waals surface area contributed by atoms with Crippen LogP contribution in [0.5, 0.6) is 11.5 Å². The molecule has 0 saturated carbocycles. The molecule has 0 aliphatic heterocycles. The van der Waals surface area contributed by atoms with E-state index in [1.165, 1.54) is 18.2 Å². The predicted molar refractivity (Wildman–Crippen MR) is 69.1 cm³/mol. The number of phenols is 2. The normalized spacial score (nSPS) is 10.4. The highest BCUT2D eigenvalue weighted by Crippen LogP contribution is 2.31. The quantitative estimate of drug-likeness (QED) is 0.599. The minimum absolute atomic E-state index is 0.159. The number of phenolic OH excluding ortho intramolecular Hbond substituents is 2. The Balaban J connectivity index is 2.68. The maximum Gasteiger partial charge on any atom is 0.261 e. The molecule has 19 heavy (non-hydrogen) atoms. The van der Waals surface area contributed by atoms with Crippen molar-refractivity contribution >= 4 is 5.91 Å². The molecule has 1 amide bonds. The van der Waals surface area contributed by atoms with Gasteiger partial charge in [-0.3, -0.25) is 9.59 Å². The molecule has 1 aromatic heterocycles. The Kier molecular flexibility index (Phi) is 3.00. The smallest absolute Gasteiger partial charge is 0.261 e. The average molecular weight is 260 g/mol. The lowest BCUT2D eigenvalue weighted by molar-refractivity contribution is 0.0999. The zero-order valence-electron chi connectivity index (χ0n) is 10.1. The molecule has 0 unspecified atom stereocenters. The Morgan fingerprint density at radius 2 is 1.89 bits per heavy atom. The van der Waals surface area contributed by atoms with E-state index in [0.717, 1.165) is 0 Å². The first-order valence-electron chi connectivity index (χ1n) is 5.46. The van der Waals surface area contributed by atoms with E-state index >= 15 is 0 Å². The lowest BCUT2D eigenvalue weighted by atomic mass is 10.0. The van der Waals surface area contributed by atoms with Gasteiger partial charge in [0.2, 0.25) is 0 Å². The number of aryl methyl sites for hydroxylation is 1. The van der Waals surface area contributed by atoms with Gasteiger partial charge in [0.25, 0.3) is 11.5 Å². The summed E-state index contributed by atoms with van der Waals surface area (Å²) in [7, 11) is 0. The van der Waals surface area contributed by atoms with Gasteiger partial charge in [0.1, 0.15) is 5.56 Å². The molecule has 0 bridgehead atoms. The second kappa shape index (κ2) is 4.49. The summed E-state index contributed by atoms with van der Waals surface area (Å²) in [5, 5.41) is 18.7. The van der Waals surface area contributed by atoms with E-state index in [1.54, 1.807) is 13.0 Å². The predicted octanol–water partition coefficient (Wildman–Crippen LogP) is 0.860. The fraction of sp³-hybridized carbons (Fsp3) is 0.0769. The standard InChI is InChI=1S/C13H12N2O4/c1-6-8(5-9(12(14)18)13(19)15-6)7-2-3-10(16)11(17)4-7/h2-5,16-17H,1H3,(H2,14,18)(H,15,19). The zero-order chi connectivity index (χ0) is 14.2. The Hall–Kier alpha value is -2.76. The molecular formula is C13H12N2O4. The van der Waals surface area contributed by atoms with Gasteiger partial charge in [-0.05, 0) is 30.7 Å². The lowest BCUT2D eigenvalue weighted by Gasteiger charge is -2.08. The second-order valence-corrected chi connectivity index (χ2v) is 4.12. The molecule has 0 aliphatic carbocycles. The largest absolute Gasteiger partial charge is 0.504 e. The Morgan fingerprint density at radius 1 is 1.21 bits per heavy atom. The third-order valence-electron chi connectivity index (χ3n) is 2.79. The highest BCUT2D eigenvalue weighted by molar-refractivity contribution is 5.93. The van der Waals surface area contributed by atoms with Crippen LogP contribution in [0.25, 0.3) is 11.1 Å². The van der Waals surface area contributed by atoms with Crippen LogP contribution < -0.4 is 11.3 Å². The fourth-order valence-electron chi connectivity index (χ4n) is 1.80. The van der Waals surface area contributed by atoms with Crippen LogP contribution in [0, 0.1) is 6.92 Å². The van der Waals surface area contributed by atoms with Crippen molar-refractivity contribution in [3.8, 4) is 22.6 Å². The monoisotopic (exact) mass is 260 g/mol. The van der Waals surface area contributed by atoms with Crippen LogP contribution in [0.2, 0.25) is 0 Å². The number of primary amides is 1. The van der Waals surface area contributed by atoms with Crippen LogP contribution in [0.4, 0.5) is 0 Å². The first kappa shape index (κ1) is 12.7. The number of aromatic amines is 1. The Labute approximate surface area is 108 Å². The third-order valence-corrected chi connectivity index (χ3v) is 2.79. The summed E-state index contributed by atoms with van der Waals surface area (Å²) >= 11 is 0. The van der Waals surface area contributed by atoms with Crippen molar-refractivity contribution in [2.75, 3.05) is 0 Å². The van der Waals surface area contributed by atoms with Crippen molar-refractivity contribution < 1.29 is 15.0 Å². The number of pyridine rings is 1. The molecule has 0 fully saturated rings. The number of nitrogens with one attached hydrogen (secondary N) is 1. The van der Waals surface area contributed by atoms with Crippen molar-refractivity contribution in [1.82, 2.24) is 4.98 Å². The third kappa shape index (κ3) is 2.28. The summed E-state index contributed by atoms with van der Waals surface area (Å²) in [5.41, 5.74) is 6.02. The molecule has 98 valence electrons. The van der Waals surface area contributed by atoms with Crippen molar-refractivity contribution in [2.24, 2.45) is 5.73 Å². The van der Waals surface area contributed by atoms with Crippen LogP contribution in [-0.2, 0) is 0 Å². The molecule has 6 nitrogen and oxygen atoms in total. The van der Waals surface area contributed by atoms with Crippen LogP contribution in [-0.4, -0.2) is 21.1 Å². The number of hydrogen-bond donors (Lipinski definition) is 4. The number of amides is 1. The van der Waals surface area contributed by atoms with Gasteiger partial charge in [0.15, 0.2) is 11.5 Å². The van der Waals surface area contributed by atoms with E-state index < -0.39 is 11.5 Å². The second-order valence-electron chi connectivity index (χ2n) is 4.12. The number of aromatic hydroxyl groups is 2. The first-order valence-corrected chi connectivity index (χ1v) is 5.46. The summed E-state index contributed by atoms with van der Waals surface area (Å²) in [6, 6.07) is 5.57. The molecule has 0 atom stereocenters. The number of H-pyrrole nitrogens is 1. The summed E-state index contributed by atoms with van der Waals surface area (Å²) in [4.78, 5) is 25.2. The molecule has 6 heteroatoms. The van der Waals surface area contributed by atoms with Crippen LogP contribution >= 0.6 is 0 Å². The van der Waals surface area contributed by atoms with Crippen LogP contribution in [0.1, 0.15) is 16.1 Å². The van der Waals surface area contributed by atoms with Gasteiger partial charge in [0, 0.05) is 11.3 Å². The summed E-state index contributed by atoms with van der Waals surface area (Å²) < 4.78 is 0. The molecule has 2 aromatic rings. The van der Waals surface area contributed by atoms with Crippen molar-refractivity contribution in [3.63, 3.8) is 0 Å². The van der Waals surface area contributed by atoms with Crippen LogP contribution in [0.3, 0.4) is 0 Å². The van der Waals surface area contributed by atoms with Crippen molar-refractivity contribution in [3.05, 3.63) is 45.9 Å². The minimum Gasteiger partial charge on any atom is -0.504 e. The van der Waals surface area contributed by atoms with Gasteiger partial charge in [-0.2, -0.15) is 0 Å². The molecule has 5 N–H and O–H groups in total. The molecule has 2 rings (SSSR count). The Morgan fingerprint density at radius 3 is 2.47 bits per heavy atom. The highest BCUT2D eigenvalue weighted by atomic mass is 16.3. The molecule has 0 aliphatic rings. The molecule has 0 radical (unpaired) electrons. The number of hydrogen-bond acceptors (Lipinski definition) is 4. The maximum absolute atomic E-state index is 11.5. The topological polar surface area (TPSA) is 116 Å². The van der Waals surface area contributed by atoms with E-state index in [0.29, 0.717) is 16.8 Å². The van der Waals surface area contributed by atoms with Crippen LogP contribution in [0.15, 0.2) is 29.1 Å². The minimum atomic E-state index is -0.828. The molecule has 0 saturated heterocycles.